The van der Waals surface area contributed by atoms with Crippen LogP contribution in [0.4, 0.5) is 5.00 Å². The predicted octanol–water partition coefficient (Wildman–Crippen LogP) is 2.11. The minimum absolute atomic E-state index is 0.131. The molecule has 0 saturated heterocycles. The van der Waals surface area contributed by atoms with Gasteiger partial charge in [0.15, 0.2) is 0 Å². The van der Waals surface area contributed by atoms with Crippen LogP contribution in [0.1, 0.15) is 31.4 Å². The maximum atomic E-state index is 10.4. The van der Waals surface area contributed by atoms with Gasteiger partial charge in [0, 0.05) is 11.5 Å². The Morgan fingerprint density at radius 3 is 2.73 bits per heavy atom. The standard InChI is InChI=1S/C9H15N3O2S/c10-6-4-2-1-3-5-8-7-9(12(13)14)15-11-8/h7H,1-6,10H2. The lowest BCUT2D eigenvalue weighted by atomic mass is 10.1. The zero-order chi connectivity index (χ0) is 11.1. The summed E-state index contributed by atoms with van der Waals surface area (Å²) in [6.07, 6.45) is 5.15. The fourth-order valence-corrected chi connectivity index (χ4v) is 1.92. The van der Waals surface area contributed by atoms with Crippen molar-refractivity contribution in [1.82, 2.24) is 4.37 Å². The van der Waals surface area contributed by atoms with Gasteiger partial charge in [0.05, 0.1) is 16.7 Å². The molecule has 1 aromatic heterocycles. The maximum Gasteiger partial charge on any atom is 0.343 e. The van der Waals surface area contributed by atoms with Crippen LogP contribution in [0.15, 0.2) is 6.07 Å². The number of nitro groups is 1. The van der Waals surface area contributed by atoms with Gasteiger partial charge < -0.3 is 5.73 Å². The molecule has 0 amide bonds. The van der Waals surface area contributed by atoms with E-state index in [0.29, 0.717) is 0 Å². The van der Waals surface area contributed by atoms with Gasteiger partial charge in [0.1, 0.15) is 0 Å². The van der Waals surface area contributed by atoms with Crippen molar-refractivity contribution in [3.8, 4) is 0 Å². The van der Waals surface area contributed by atoms with Gasteiger partial charge in [-0.2, -0.15) is 4.37 Å². The first-order valence-electron chi connectivity index (χ1n) is 5.04. The molecular weight excluding hydrogens is 214 g/mol. The van der Waals surface area contributed by atoms with E-state index < -0.39 is 4.92 Å². The molecule has 6 heteroatoms. The highest BCUT2D eigenvalue weighted by atomic mass is 32.1. The number of aryl methyl sites for hydroxylation is 1. The molecule has 2 N–H and O–H groups in total. The molecule has 1 rings (SSSR count). The summed E-state index contributed by atoms with van der Waals surface area (Å²) < 4.78 is 4.03. The molecule has 0 aliphatic rings. The molecule has 15 heavy (non-hydrogen) atoms. The highest BCUT2D eigenvalue weighted by molar-refractivity contribution is 7.09. The number of hydrogen-bond donors (Lipinski definition) is 1. The van der Waals surface area contributed by atoms with Crippen LogP contribution in [0, 0.1) is 10.1 Å². The summed E-state index contributed by atoms with van der Waals surface area (Å²) in [5.41, 5.74) is 6.21. The van der Waals surface area contributed by atoms with Gasteiger partial charge in [-0.1, -0.05) is 12.8 Å². The Bertz CT molecular complexity index is 314. The van der Waals surface area contributed by atoms with Crippen molar-refractivity contribution in [3.05, 3.63) is 21.9 Å². The molecule has 1 heterocycles. The Labute approximate surface area is 92.6 Å². The van der Waals surface area contributed by atoms with E-state index in [1.165, 1.54) is 0 Å². The van der Waals surface area contributed by atoms with Crippen LogP contribution in [-0.2, 0) is 6.42 Å². The van der Waals surface area contributed by atoms with E-state index in [-0.39, 0.29) is 5.00 Å². The van der Waals surface area contributed by atoms with E-state index in [1.54, 1.807) is 6.07 Å². The molecule has 0 aliphatic heterocycles. The maximum absolute atomic E-state index is 10.4. The second-order valence-corrected chi connectivity index (χ2v) is 4.15. The normalized spacial score (nSPS) is 10.5. The molecule has 0 unspecified atom stereocenters. The van der Waals surface area contributed by atoms with E-state index in [1.807, 2.05) is 0 Å². The first-order chi connectivity index (χ1) is 7.24. The van der Waals surface area contributed by atoms with Crippen molar-refractivity contribution in [3.63, 3.8) is 0 Å². The first kappa shape index (κ1) is 12.1. The molecule has 5 nitrogen and oxygen atoms in total. The third-order valence-corrected chi connectivity index (χ3v) is 2.89. The minimum Gasteiger partial charge on any atom is -0.330 e. The molecule has 0 spiro atoms. The smallest absolute Gasteiger partial charge is 0.330 e. The molecule has 0 aliphatic carbocycles. The van der Waals surface area contributed by atoms with Crippen LogP contribution in [0.25, 0.3) is 0 Å². The third-order valence-electron chi connectivity index (χ3n) is 2.11. The van der Waals surface area contributed by atoms with Crippen molar-refractivity contribution >= 4 is 16.5 Å². The van der Waals surface area contributed by atoms with Crippen molar-refractivity contribution in [2.75, 3.05) is 6.54 Å². The summed E-state index contributed by atoms with van der Waals surface area (Å²) in [5, 5.41) is 10.5. The predicted molar refractivity (Wildman–Crippen MR) is 60.0 cm³/mol. The zero-order valence-electron chi connectivity index (χ0n) is 8.52. The summed E-state index contributed by atoms with van der Waals surface area (Å²) in [7, 11) is 0. The number of hydrogen-bond acceptors (Lipinski definition) is 5. The van der Waals surface area contributed by atoms with E-state index in [9.17, 15) is 10.1 Å². The van der Waals surface area contributed by atoms with Crippen LogP contribution in [-0.4, -0.2) is 15.8 Å². The summed E-state index contributed by atoms with van der Waals surface area (Å²) >= 11 is 0.957. The van der Waals surface area contributed by atoms with Crippen molar-refractivity contribution in [1.29, 1.82) is 0 Å². The van der Waals surface area contributed by atoms with Crippen molar-refractivity contribution in [2.24, 2.45) is 5.73 Å². The summed E-state index contributed by atoms with van der Waals surface area (Å²) in [6, 6.07) is 1.56. The lowest BCUT2D eigenvalue weighted by Gasteiger charge is -1.96. The van der Waals surface area contributed by atoms with Gasteiger partial charge in [-0.15, -0.1) is 0 Å². The Morgan fingerprint density at radius 2 is 2.13 bits per heavy atom. The fourth-order valence-electron chi connectivity index (χ4n) is 1.31. The van der Waals surface area contributed by atoms with Gasteiger partial charge in [0.25, 0.3) is 0 Å². The quantitative estimate of drug-likeness (QED) is 0.441. The van der Waals surface area contributed by atoms with Crippen LogP contribution < -0.4 is 5.73 Å². The molecule has 0 saturated carbocycles. The Morgan fingerprint density at radius 1 is 1.40 bits per heavy atom. The van der Waals surface area contributed by atoms with Gasteiger partial charge in [-0.25, -0.2) is 0 Å². The fraction of sp³-hybridized carbons (Fsp3) is 0.667. The van der Waals surface area contributed by atoms with E-state index >= 15 is 0 Å². The van der Waals surface area contributed by atoms with Gasteiger partial charge in [0.2, 0.25) is 0 Å². The number of aromatic nitrogens is 1. The number of unbranched alkanes of at least 4 members (excludes halogenated alkanes) is 3. The highest BCUT2D eigenvalue weighted by Gasteiger charge is 2.10. The average Bonchev–Trinajstić information content (AvgIpc) is 2.66. The second kappa shape index (κ2) is 6.47. The first-order valence-corrected chi connectivity index (χ1v) is 5.81. The van der Waals surface area contributed by atoms with Gasteiger partial charge >= 0.3 is 5.00 Å². The second-order valence-electron chi connectivity index (χ2n) is 3.37. The van der Waals surface area contributed by atoms with E-state index in [2.05, 4.69) is 4.37 Å². The van der Waals surface area contributed by atoms with Crippen LogP contribution in [0.2, 0.25) is 0 Å². The molecule has 0 radical (unpaired) electrons. The Balaban J connectivity index is 2.23. The topological polar surface area (TPSA) is 82.0 Å². The van der Waals surface area contributed by atoms with Crippen molar-refractivity contribution in [2.45, 2.75) is 32.1 Å². The molecule has 0 fully saturated rings. The number of nitrogens with two attached hydrogens (primary N) is 1. The zero-order valence-corrected chi connectivity index (χ0v) is 9.33. The summed E-state index contributed by atoms with van der Waals surface area (Å²) in [4.78, 5) is 10.00. The van der Waals surface area contributed by atoms with Crippen molar-refractivity contribution < 1.29 is 4.92 Å². The molecule has 1 aromatic rings. The monoisotopic (exact) mass is 229 g/mol. The molecular formula is C9H15N3O2S. The van der Waals surface area contributed by atoms with Crippen LogP contribution in [0.5, 0.6) is 0 Å². The molecule has 0 atom stereocenters. The SMILES string of the molecule is NCCCCCCc1cc([N+](=O)[O-])sn1. The molecule has 0 aromatic carbocycles. The average molecular weight is 229 g/mol. The largest absolute Gasteiger partial charge is 0.343 e. The van der Waals surface area contributed by atoms with E-state index in [0.717, 1.165) is 55.9 Å². The minimum atomic E-state index is -0.393. The lowest BCUT2D eigenvalue weighted by molar-refractivity contribution is -0.380. The number of nitrogens with zero attached hydrogens (tertiary/aromatic N) is 2. The summed E-state index contributed by atoms with van der Waals surface area (Å²) in [5.74, 6) is 0. The third kappa shape index (κ3) is 4.35. The summed E-state index contributed by atoms with van der Waals surface area (Å²) in [6.45, 7) is 0.738. The molecule has 0 bridgehead atoms. The highest BCUT2D eigenvalue weighted by Crippen LogP contribution is 2.20. The van der Waals surface area contributed by atoms with Crippen LogP contribution >= 0.6 is 11.5 Å². The Kier molecular flexibility index (Phi) is 5.20. The molecule has 84 valence electrons. The van der Waals surface area contributed by atoms with Crippen LogP contribution in [0.3, 0.4) is 0 Å². The van der Waals surface area contributed by atoms with Gasteiger partial charge in [-0.05, 0) is 25.8 Å². The Hall–Kier alpha value is -1.01. The van der Waals surface area contributed by atoms with E-state index in [4.69, 9.17) is 5.73 Å². The van der Waals surface area contributed by atoms with Gasteiger partial charge in [-0.3, -0.25) is 10.1 Å². The lowest BCUT2D eigenvalue weighted by Crippen LogP contribution is -1.97. The number of rotatable bonds is 7.